The minimum atomic E-state index is -3.93. The van der Waals surface area contributed by atoms with Crippen molar-refractivity contribution in [2.75, 3.05) is 11.3 Å². The van der Waals surface area contributed by atoms with E-state index in [2.05, 4.69) is 39.9 Å². The number of hydrogen-bond donors (Lipinski definition) is 2. The van der Waals surface area contributed by atoms with Gasteiger partial charge >= 0.3 is 0 Å². The van der Waals surface area contributed by atoms with Crippen molar-refractivity contribution in [1.29, 1.82) is 0 Å². The fourth-order valence-electron chi connectivity index (χ4n) is 5.91. The second kappa shape index (κ2) is 11.6. The number of nitrogens with zero attached hydrogens (tertiary/aromatic N) is 2. The Morgan fingerprint density at radius 2 is 1.74 bits per heavy atom. The van der Waals surface area contributed by atoms with Gasteiger partial charge in [0.2, 0.25) is 11.8 Å². The van der Waals surface area contributed by atoms with E-state index in [0.29, 0.717) is 36.6 Å². The Labute approximate surface area is 232 Å². The summed E-state index contributed by atoms with van der Waals surface area (Å²) in [4.78, 5) is 9.41. The number of fused-ring (bicyclic) bond motifs is 4. The minimum Gasteiger partial charge on any atom is -0.476 e. The van der Waals surface area contributed by atoms with Crippen molar-refractivity contribution < 1.29 is 13.2 Å². The molecule has 5 rings (SSSR count). The van der Waals surface area contributed by atoms with Gasteiger partial charge in [-0.25, -0.2) is 18.1 Å². The quantitative estimate of drug-likeness (QED) is 0.386. The number of benzene rings is 2. The van der Waals surface area contributed by atoms with Crippen LogP contribution < -0.4 is 14.8 Å². The summed E-state index contributed by atoms with van der Waals surface area (Å²) in [6.07, 6.45) is 6.73. The number of nitrogens with one attached hydrogen (secondary N) is 2. The normalized spacial score (nSPS) is 19.8. The first-order chi connectivity index (χ1) is 18.7. The molecular formula is C31H40N4O3S. The summed E-state index contributed by atoms with van der Waals surface area (Å²) in [7, 11) is -3.93. The Bertz CT molecular complexity index is 1410. The van der Waals surface area contributed by atoms with Gasteiger partial charge in [0.25, 0.3) is 10.0 Å². The molecule has 2 N–H and O–H groups in total. The highest BCUT2D eigenvalue weighted by atomic mass is 32.2. The molecule has 2 aliphatic rings. The molecule has 2 aromatic carbocycles. The molecule has 1 aliphatic carbocycles. The predicted octanol–water partition coefficient (Wildman–Crippen LogP) is 6.51. The van der Waals surface area contributed by atoms with Gasteiger partial charge in [0.05, 0.1) is 10.6 Å². The van der Waals surface area contributed by atoms with Crippen molar-refractivity contribution in [3.05, 3.63) is 64.7 Å². The van der Waals surface area contributed by atoms with Crippen LogP contribution in [0.3, 0.4) is 0 Å². The van der Waals surface area contributed by atoms with Gasteiger partial charge in [-0.2, -0.15) is 4.98 Å². The van der Waals surface area contributed by atoms with Crippen molar-refractivity contribution in [1.82, 2.24) is 15.3 Å². The SMILES string of the molecule is Cc1cccc(C)c1-c1cc2nc(n1)NS(=O)(=O)c1cc(cc(C3CCCCC3)c1)CN[C@H](CC(C)C)CO2. The Morgan fingerprint density at radius 3 is 2.46 bits per heavy atom. The smallest absolute Gasteiger partial charge is 0.264 e. The van der Waals surface area contributed by atoms with Crippen LogP contribution in [0.25, 0.3) is 11.3 Å². The summed E-state index contributed by atoms with van der Waals surface area (Å²) in [5.41, 5.74) is 5.76. The molecule has 0 radical (unpaired) electrons. The lowest BCUT2D eigenvalue weighted by Gasteiger charge is -2.24. The Morgan fingerprint density at radius 1 is 1.00 bits per heavy atom. The summed E-state index contributed by atoms with van der Waals surface area (Å²) in [6.45, 7) is 9.44. The Balaban J connectivity index is 1.61. The van der Waals surface area contributed by atoms with E-state index < -0.39 is 10.0 Å². The molecule has 1 atom stereocenters. The van der Waals surface area contributed by atoms with Gasteiger partial charge in [-0.3, -0.25) is 0 Å². The number of sulfonamides is 1. The molecule has 0 spiro atoms. The maximum atomic E-state index is 13.7. The topological polar surface area (TPSA) is 93.2 Å². The van der Waals surface area contributed by atoms with Gasteiger partial charge in [-0.15, -0.1) is 0 Å². The summed E-state index contributed by atoms with van der Waals surface area (Å²) < 4.78 is 36.4. The molecule has 8 heteroatoms. The maximum Gasteiger partial charge on any atom is 0.264 e. The van der Waals surface area contributed by atoms with Gasteiger partial charge < -0.3 is 10.1 Å². The molecule has 1 aliphatic heterocycles. The molecule has 39 heavy (non-hydrogen) atoms. The molecule has 0 amide bonds. The van der Waals surface area contributed by atoms with Gasteiger partial charge in [0.15, 0.2) is 0 Å². The standard InChI is InChI=1S/C31H40N4O3S/c1-20(2)13-26-19-38-29-17-28(30-21(3)9-8-10-22(30)4)33-31(34-29)35-39(36,37)27-15-23(18-32-26)14-25(16-27)24-11-6-5-7-12-24/h8-10,14-17,20,24,26,32H,5-7,11-13,18-19H2,1-4H3,(H,33,34,35)/t26-/m1/s1. The third kappa shape index (κ3) is 6.61. The molecule has 208 valence electrons. The zero-order valence-corrected chi connectivity index (χ0v) is 24.3. The van der Waals surface area contributed by atoms with Gasteiger partial charge in [0.1, 0.15) is 6.61 Å². The first-order valence-corrected chi connectivity index (χ1v) is 15.6. The third-order valence-electron chi connectivity index (χ3n) is 7.82. The number of anilines is 1. The van der Waals surface area contributed by atoms with Crippen LogP contribution in [-0.4, -0.2) is 31.0 Å². The highest BCUT2D eigenvalue weighted by molar-refractivity contribution is 7.92. The molecule has 7 nitrogen and oxygen atoms in total. The van der Waals surface area contributed by atoms with Crippen LogP contribution in [0.15, 0.2) is 47.4 Å². The van der Waals surface area contributed by atoms with E-state index in [1.165, 1.54) is 19.3 Å². The van der Waals surface area contributed by atoms with E-state index in [1.807, 2.05) is 38.1 Å². The number of hydrogen-bond acceptors (Lipinski definition) is 6. The van der Waals surface area contributed by atoms with Crippen molar-refractivity contribution in [2.24, 2.45) is 5.92 Å². The van der Waals surface area contributed by atoms with Crippen LogP contribution in [-0.2, 0) is 16.6 Å². The summed E-state index contributed by atoms with van der Waals surface area (Å²) >= 11 is 0. The largest absolute Gasteiger partial charge is 0.476 e. The molecule has 0 saturated heterocycles. The third-order valence-corrected chi connectivity index (χ3v) is 9.13. The highest BCUT2D eigenvalue weighted by Gasteiger charge is 2.24. The highest BCUT2D eigenvalue weighted by Crippen LogP contribution is 2.35. The molecular weight excluding hydrogens is 508 g/mol. The summed E-state index contributed by atoms with van der Waals surface area (Å²) in [5.74, 6) is 1.22. The molecule has 1 fully saturated rings. The lowest BCUT2D eigenvalue weighted by Crippen LogP contribution is -2.35. The number of rotatable bonds is 4. The zero-order valence-electron chi connectivity index (χ0n) is 23.5. The van der Waals surface area contributed by atoms with Gasteiger partial charge in [0, 0.05) is 24.2 Å². The molecule has 0 unspecified atom stereocenters. The summed E-state index contributed by atoms with van der Waals surface area (Å²) in [5, 5.41) is 3.64. The van der Waals surface area contributed by atoms with E-state index in [0.717, 1.165) is 47.1 Å². The predicted molar refractivity (Wildman–Crippen MR) is 156 cm³/mol. The van der Waals surface area contributed by atoms with Crippen LogP contribution in [0, 0.1) is 19.8 Å². The van der Waals surface area contributed by atoms with E-state index in [-0.39, 0.29) is 16.9 Å². The fourth-order valence-corrected chi connectivity index (χ4v) is 6.96. The van der Waals surface area contributed by atoms with E-state index in [1.54, 1.807) is 12.1 Å². The Hall–Kier alpha value is -2.97. The van der Waals surface area contributed by atoms with Crippen molar-refractivity contribution in [2.45, 2.75) is 89.6 Å². The second-order valence-corrected chi connectivity index (χ2v) is 13.2. The first kappa shape index (κ1) is 27.6. The molecule has 1 saturated carbocycles. The van der Waals surface area contributed by atoms with Crippen LogP contribution in [0.4, 0.5) is 5.95 Å². The van der Waals surface area contributed by atoms with Crippen molar-refractivity contribution in [3.8, 4) is 17.1 Å². The number of ether oxygens (including phenoxy) is 1. The average molecular weight is 549 g/mol. The second-order valence-electron chi connectivity index (χ2n) is 11.6. The average Bonchev–Trinajstić information content (AvgIpc) is 2.90. The monoisotopic (exact) mass is 548 g/mol. The molecule has 1 aromatic heterocycles. The lowest BCUT2D eigenvalue weighted by molar-refractivity contribution is 0.236. The van der Waals surface area contributed by atoms with Gasteiger partial charge in [-0.1, -0.05) is 57.4 Å². The van der Waals surface area contributed by atoms with Crippen LogP contribution >= 0.6 is 0 Å². The Kier molecular flexibility index (Phi) is 8.24. The fraction of sp³-hybridized carbons (Fsp3) is 0.484. The molecule has 3 aromatic rings. The lowest BCUT2D eigenvalue weighted by atomic mass is 9.83. The maximum absolute atomic E-state index is 13.7. The van der Waals surface area contributed by atoms with Crippen LogP contribution in [0.2, 0.25) is 0 Å². The van der Waals surface area contributed by atoms with E-state index in [4.69, 9.17) is 4.74 Å². The van der Waals surface area contributed by atoms with Crippen LogP contribution in [0.5, 0.6) is 5.88 Å². The zero-order chi connectivity index (χ0) is 27.6. The molecule has 4 bridgehead atoms. The van der Waals surface area contributed by atoms with E-state index >= 15 is 0 Å². The molecule has 2 heterocycles. The van der Waals surface area contributed by atoms with E-state index in [9.17, 15) is 8.42 Å². The number of aryl methyl sites for hydroxylation is 2. The first-order valence-electron chi connectivity index (χ1n) is 14.2. The minimum absolute atomic E-state index is 0.0161. The van der Waals surface area contributed by atoms with Gasteiger partial charge in [-0.05, 0) is 79.3 Å². The van der Waals surface area contributed by atoms with Crippen LogP contribution in [0.1, 0.15) is 80.5 Å². The number of aromatic nitrogens is 2. The van der Waals surface area contributed by atoms with Crippen molar-refractivity contribution in [3.63, 3.8) is 0 Å². The summed E-state index contributed by atoms with van der Waals surface area (Å²) in [6, 6.07) is 13.8. The van der Waals surface area contributed by atoms with Crippen molar-refractivity contribution >= 4 is 16.0 Å².